The molecule has 4 rings (SSSR count). The number of hydrogen-bond acceptors (Lipinski definition) is 7. The predicted molar refractivity (Wildman–Crippen MR) is 143 cm³/mol. The summed E-state index contributed by atoms with van der Waals surface area (Å²) in [5, 5.41) is 3.31. The molecule has 1 saturated heterocycles. The average Bonchev–Trinajstić information content (AvgIpc) is 3.12. The SMILES string of the molecule is Cc1ccc(OCCCCCC(C)(C)C(N)=O)cc1Nc1ncc2c(n1)n(C1CCOCC1)c(=O)n2C. The molecule has 0 bridgehead atoms. The van der Waals surface area contributed by atoms with Gasteiger partial charge >= 0.3 is 5.69 Å². The summed E-state index contributed by atoms with van der Waals surface area (Å²) in [5.74, 6) is 0.924. The molecule has 3 aromatic rings. The van der Waals surface area contributed by atoms with Crippen LogP contribution in [0.15, 0.2) is 29.2 Å². The standard InChI is InChI=1S/C27H38N6O4/c1-18-8-9-20(37-13-7-5-6-12-27(2,3)24(28)34)16-21(18)30-25-29-17-22-23(31-25)33(26(35)32(22)4)19-10-14-36-15-11-19/h8-9,16-17,19H,5-7,10-15H2,1-4H3,(H2,28,34)(H,29,30,31). The molecule has 2 aromatic heterocycles. The number of aryl methyl sites for hydroxylation is 2. The van der Waals surface area contributed by atoms with Crippen molar-refractivity contribution in [1.29, 1.82) is 0 Å². The number of anilines is 2. The molecule has 0 spiro atoms. The fourth-order valence-electron chi connectivity index (χ4n) is 4.57. The summed E-state index contributed by atoms with van der Waals surface area (Å²) in [6.07, 6.45) is 6.82. The predicted octanol–water partition coefficient (Wildman–Crippen LogP) is 3.98. The van der Waals surface area contributed by atoms with Gasteiger partial charge < -0.3 is 20.5 Å². The highest BCUT2D eigenvalue weighted by atomic mass is 16.5. The molecule has 1 aliphatic heterocycles. The summed E-state index contributed by atoms with van der Waals surface area (Å²) in [5.41, 5.74) is 8.09. The highest BCUT2D eigenvalue weighted by molar-refractivity contribution is 5.79. The minimum absolute atomic E-state index is 0.0630. The van der Waals surface area contributed by atoms with E-state index < -0.39 is 5.41 Å². The Kier molecular flexibility index (Phi) is 8.16. The lowest BCUT2D eigenvalue weighted by Gasteiger charge is -2.22. The van der Waals surface area contributed by atoms with Gasteiger partial charge in [-0.3, -0.25) is 13.9 Å². The first-order chi connectivity index (χ1) is 17.7. The minimum Gasteiger partial charge on any atom is -0.494 e. The van der Waals surface area contributed by atoms with Crippen molar-refractivity contribution >= 4 is 28.7 Å². The van der Waals surface area contributed by atoms with E-state index in [2.05, 4.69) is 10.3 Å². The Hall–Kier alpha value is -3.40. The lowest BCUT2D eigenvalue weighted by Crippen LogP contribution is -2.31. The topological polar surface area (TPSA) is 126 Å². The number of imidazole rings is 1. The van der Waals surface area contributed by atoms with Crippen LogP contribution in [0.5, 0.6) is 5.75 Å². The molecule has 10 heteroatoms. The van der Waals surface area contributed by atoms with Crippen LogP contribution in [0.3, 0.4) is 0 Å². The number of primary amides is 1. The Bertz CT molecular complexity index is 1310. The van der Waals surface area contributed by atoms with E-state index in [-0.39, 0.29) is 17.6 Å². The Morgan fingerprint density at radius 3 is 2.73 bits per heavy atom. The van der Waals surface area contributed by atoms with E-state index in [9.17, 15) is 9.59 Å². The van der Waals surface area contributed by atoms with Gasteiger partial charge in [0.15, 0.2) is 5.65 Å². The number of carbonyl (C=O) groups is 1. The summed E-state index contributed by atoms with van der Waals surface area (Å²) in [4.78, 5) is 33.6. The van der Waals surface area contributed by atoms with Gasteiger partial charge in [-0.1, -0.05) is 32.8 Å². The van der Waals surface area contributed by atoms with Crippen molar-refractivity contribution in [1.82, 2.24) is 19.1 Å². The van der Waals surface area contributed by atoms with E-state index in [1.165, 1.54) is 0 Å². The summed E-state index contributed by atoms with van der Waals surface area (Å²) >= 11 is 0. The van der Waals surface area contributed by atoms with Crippen molar-refractivity contribution in [2.45, 2.75) is 65.3 Å². The molecule has 0 atom stereocenters. The van der Waals surface area contributed by atoms with Crippen LogP contribution < -0.4 is 21.5 Å². The Labute approximate surface area is 217 Å². The average molecular weight is 511 g/mol. The molecule has 3 heterocycles. The third-order valence-electron chi connectivity index (χ3n) is 7.23. The zero-order valence-electron chi connectivity index (χ0n) is 22.2. The van der Waals surface area contributed by atoms with Crippen LogP contribution in [0.25, 0.3) is 11.2 Å². The molecule has 10 nitrogen and oxygen atoms in total. The van der Waals surface area contributed by atoms with Gasteiger partial charge in [-0.15, -0.1) is 0 Å². The normalized spacial score (nSPS) is 14.7. The maximum atomic E-state index is 13.0. The zero-order chi connectivity index (χ0) is 26.6. The first-order valence-electron chi connectivity index (χ1n) is 13.0. The summed E-state index contributed by atoms with van der Waals surface area (Å²) < 4.78 is 14.8. The van der Waals surface area contributed by atoms with E-state index in [4.69, 9.17) is 20.2 Å². The number of unbranched alkanes of at least 4 members (excludes halogenated alkanes) is 2. The van der Waals surface area contributed by atoms with E-state index >= 15 is 0 Å². The Balaban J connectivity index is 1.42. The number of carbonyl (C=O) groups excluding carboxylic acids is 1. The van der Waals surface area contributed by atoms with Crippen molar-refractivity contribution < 1.29 is 14.3 Å². The maximum absolute atomic E-state index is 13.0. The molecule has 200 valence electrons. The number of nitrogens with zero attached hydrogens (tertiary/aromatic N) is 4. The van der Waals surface area contributed by atoms with Crippen LogP contribution in [-0.4, -0.2) is 44.8 Å². The fraction of sp³-hybridized carbons (Fsp3) is 0.556. The number of nitrogens with two attached hydrogens (primary N) is 1. The van der Waals surface area contributed by atoms with Gasteiger partial charge in [0.25, 0.3) is 0 Å². The molecule has 0 saturated carbocycles. The largest absolute Gasteiger partial charge is 0.494 e. The maximum Gasteiger partial charge on any atom is 0.330 e. The minimum atomic E-state index is -0.470. The van der Waals surface area contributed by atoms with E-state index in [0.717, 1.165) is 55.5 Å². The molecule has 1 aliphatic rings. The lowest BCUT2D eigenvalue weighted by molar-refractivity contribution is -0.126. The molecule has 3 N–H and O–H groups in total. The van der Waals surface area contributed by atoms with Crippen molar-refractivity contribution in [3.8, 4) is 5.75 Å². The quantitative estimate of drug-likeness (QED) is 0.374. The van der Waals surface area contributed by atoms with E-state index in [1.807, 2.05) is 39.0 Å². The van der Waals surface area contributed by atoms with Crippen LogP contribution in [-0.2, 0) is 16.6 Å². The molecular weight excluding hydrogens is 472 g/mol. The molecule has 0 radical (unpaired) electrons. The number of rotatable bonds is 11. The second-order valence-corrected chi connectivity index (χ2v) is 10.5. The summed E-state index contributed by atoms with van der Waals surface area (Å²) in [6.45, 7) is 7.64. The van der Waals surface area contributed by atoms with Gasteiger partial charge in [0.2, 0.25) is 11.9 Å². The molecule has 1 fully saturated rings. The third-order valence-corrected chi connectivity index (χ3v) is 7.23. The fourth-order valence-corrected chi connectivity index (χ4v) is 4.57. The van der Waals surface area contributed by atoms with E-state index in [0.29, 0.717) is 36.9 Å². The van der Waals surface area contributed by atoms with Gasteiger partial charge in [0.1, 0.15) is 11.3 Å². The van der Waals surface area contributed by atoms with Crippen molar-refractivity contribution in [2.75, 3.05) is 25.1 Å². The number of ether oxygens (including phenoxy) is 2. The second-order valence-electron chi connectivity index (χ2n) is 10.5. The highest BCUT2D eigenvalue weighted by Gasteiger charge is 2.24. The lowest BCUT2D eigenvalue weighted by atomic mass is 9.86. The second kappa shape index (κ2) is 11.3. The molecular formula is C27H38N6O4. The number of fused-ring (bicyclic) bond motifs is 1. The van der Waals surface area contributed by atoms with Gasteiger partial charge in [0.05, 0.1) is 12.8 Å². The zero-order valence-corrected chi connectivity index (χ0v) is 22.2. The number of aromatic nitrogens is 4. The Morgan fingerprint density at radius 2 is 2.00 bits per heavy atom. The molecule has 37 heavy (non-hydrogen) atoms. The first kappa shape index (κ1) is 26.7. The van der Waals surface area contributed by atoms with Gasteiger partial charge in [-0.25, -0.2) is 9.78 Å². The van der Waals surface area contributed by atoms with Crippen LogP contribution in [0.1, 0.15) is 64.0 Å². The van der Waals surface area contributed by atoms with Crippen LogP contribution >= 0.6 is 0 Å². The number of amides is 1. The first-order valence-corrected chi connectivity index (χ1v) is 13.0. The monoisotopic (exact) mass is 510 g/mol. The van der Waals surface area contributed by atoms with Gasteiger partial charge in [-0.05, 0) is 44.2 Å². The van der Waals surface area contributed by atoms with Crippen molar-refractivity contribution in [3.63, 3.8) is 0 Å². The molecule has 0 aliphatic carbocycles. The Morgan fingerprint density at radius 1 is 1.24 bits per heavy atom. The molecule has 1 amide bonds. The summed E-state index contributed by atoms with van der Waals surface area (Å²) in [6, 6.07) is 5.94. The third kappa shape index (κ3) is 6.12. The van der Waals surface area contributed by atoms with Crippen LogP contribution in [0.2, 0.25) is 0 Å². The van der Waals surface area contributed by atoms with E-state index in [1.54, 1.807) is 22.4 Å². The number of benzene rings is 1. The molecule has 0 unspecified atom stereocenters. The van der Waals surface area contributed by atoms with Gasteiger partial charge in [0, 0.05) is 43.5 Å². The van der Waals surface area contributed by atoms with Crippen LogP contribution in [0.4, 0.5) is 11.6 Å². The smallest absolute Gasteiger partial charge is 0.330 e. The van der Waals surface area contributed by atoms with Crippen molar-refractivity contribution in [3.05, 3.63) is 40.4 Å². The molecule has 1 aromatic carbocycles. The highest BCUT2D eigenvalue weighted by Crippen LogP contribution is 2.27. The van der Waals surface area contributed by atoms with Crippen LogP contribution in [0, 0.1) is 12.3 Å². The number of nitrogens with one attached hydrogen (secondary N) is 1. The summed E-state index contributed by atoms with van der Waals surface area (Å²) in [7, 11) is 1.75. The number of hydrogen-bond donors (Lipinski definition) is 2. The van der Waals surface area contributed by atoms with Crippen molar-refractivity contribution in [2.24, 2.45) is 18.2 Å². The van der Waals surface area contributed by atoms with Gasteiger partial charge in [-0.2, -0.15) is 4.98 Å².